The minimum atomic E-state index is -3.53. The van der Waals surface area contributed by atoms with Gasteiger partial charge in [-0.3, -0.25) is 4.57 Å². The van der Waals surface area contributed by atoms with Crippen molar-refractivity contribution in [3.63, 3.8) is 0 Å². The van der Waals surface area contributed by atoms with Gasteiger partial charge < -0.3 is 9.30 Å². The maximum atomic E-state index is 12.6. The molecule has 0 N–H and O–H groups in total. The van der Waals surface area contributed by atoms with Crippen molar-refractivity contribution in [2.75, 3.05) is 21.2 Å². The molecule has 0 fully saturated rings. The lowest BCUT2D eigenvalue weighted by atomic mass is 10.3. The van der Waals surface area contributed by atoms with Crippen LogP contribution in [-0.2, 0) is 22.3 Å². The summed E-state index contributed by atoms with van der Waals surface area (Å²) < 4.78 is 35.8. The first-order valence-corrected chi connectivity index (χ1v) is 12.9. The van der Waals surface area contributed by atoms with Crippen LogP contribution in [0, 0.1) is 0 Å². The normalized spacial score (nSPS) is 12.0. The van der Waals surface area contributed by atoms with Gasteiger partial charge in [-0.25, -0.2) is 17.7 Å². The summed E-state index contributed by atoms with van der Waals surface area (Å²) >= 11 is 1.51. The van der Waals surface area contributed by atoms with Crippen LogP contribution in [0.15, 0.2) is 58.8 Å². The molecule has 0 saturated carbocycles. The predicted octanol–water partition coefficient (Wildman–Crippen LogP) is 3.58. The van der Waals surface area contributed by atoms with Crippen molar-refractivity contribution in [1.29, 1.82) is 0 Å². The van der Waals surface area contributed by atoms with Crippen LogP contribution in [-0.4, -0.2) is 58.2 Å². The van der Waals surface area contributed by atoms with Gasteiger partial charge in [0.1, 0.15) is 17.9 Å². The van der Waals surface area contributed by atoms with Crippen molar-refractivity contribution in [1.82, 2.24) is 28.6 Å². The van der Waals surface area contributed by atoms with E-state index in [9.17, 15) is 8.42 Å². The highest BCUT2D eigenvalue weighted by atomic mass is 32.2. The second kappa shape index (κ2) is 9.54. The third kappa shape index (κ3) is 4.48. The molecule has 11 heteroatoms. The molecule has 0 saturated heterocycles. The third-order valence-corrected chi connectivity index (χ3v) is 7.97. The summed E-state index contributed by atoms with van der Waals surface area (Å²) in [4.78, 5) is 5.01. The summed E-state index contributed by atoms with van der Waals surface area (Å²) in [6.07, 6.45) is 2.59. The van der Waals surface area contributed by atoms with Gasteiger partial charge >= 0.3 is 0 Å². The monoisotopic (exact) mass is 486 g/mol. The Balaban J connectivity index is 1.67. The van der Waals surface area contributed by atoms with Gasteiger partial charge in [-0.1, -0.05) is 30.8 Å². The Hall–Kier alpha value is -2.89. The SMILES string of the molecule is CCCn1c(CSc2nncn2-c2ccccc2OC)nc2cc(S(=O)(=O)N(C)C)ccc21. The number of imidazole rings is 1. The molecule has 4 aromatic rings. The number of fused-ring (bicyclic) bond motifs is 1. The van der Waals surface area contributed by atoms with Crippen LogP contribution in [0.4, 0.5) is 0 Å². The third-order valence-electron chi connectivity index (χ3n) is 5.22. The van der Waals surface area contributed by atoms with E-state index >= 15 is 0 Å². The molecule has 2 heterocycles. The Kier molecular flexibility index (Phi) is 6.73. The van der Waals surface area contributed by atoms with E-state index in [0.717, 1.165) is 35.7 Å². The predicted molar refractivity (Wildman–Crippen MR) is 128 cm³/mol. The molecular formula is C22H26N6O3S2. The number of thioether (sulfide) groups is 1. The van der Waals surface area contributed by atoms with E-state index in [-0.39, 0.29) is 4.90 Å². The molecule has 2 aromatic heterocycles. The number of nitrogens with zero attached hydrogens (tertiary/aromatic N) is 6. The number of methoxy groups -OCH3 is 1. The number of benzene rings is 2. The second-order valence-corrected chi connectivity index (χ2v) is 10.7. The van der Waals surface area contributed by atoms with Crippen molar-refractivity contribution < 1.29 is 13.2 Å². The molecule has 4 rings (SSSR count). The zero-order valence-electron chi connectivity index (χ0n) is 19.0. The van der Waals surface area contributed by atoms with E-state index in [1.54, 1.807) is 25.6 Å². The molecule has 0 amide bonds. The zero-order valence-corrected chi connectivity index (χ0v) is 20.6. The fourth-order valence-electron chi connectivity index (χ4n) is 3.56. The Morgan fingerprint density at radius 3 is 2.67 bits per heavy atom. The van der Waals surface area contributed by atoms with Crippen LogP contribution in [0.5, 0.6) is 5.75 Å². The van der Waals surface area contributed by atoms with Gasteiger partial charge in [-0.05, 0) is 36.8 Å². The lowest BCUT2D eigenvalue weighted by Crippen LogP contribution is -2.22. The maximum Gasteiger partial charge on any atom is 0.242 e. The molecule has 0 aliphatic heterocycles. The summed E-state index contributed by atoms with van der Waals surface area (Å²) in [6, 6.07) is 12.8. The van der Waals surface area contributed by atoms with E-state index in [4.69, 9.17) is 9.72 Å². The molecular weight excluding hydrogens is 460 g/mol. The molecule has 174 valence electrons. The molecule has 0 atom stereocenters. The van der Waals surface area contributed by atoms with Gasteiger partial charge in [0.05, 0.1) is 34.5 Å². The van der Waals surface area contributed by atoms with Crippen molar-refractivity contribution in [2.24, 2.45) is 0 Å². The number of aryl methyl sites for hydroxylation is 1. The molecule has 0 spiro atoms. The highest BCUT2D eigenvalue weighted by Gasteiger charge is 2.20. The Labute approximate surface area is 197 Å². The van der Waals surface area contributed by atoms with E-state index in [1.165, 1.54) is 30.2 Å². The summed E-state index contributed by atoms with van der Waals surface area (Å²) in [6.45, 7) is 2.89. The molecule has 0 aliphatic rings. The second-order valence-electron chi connectivity index (χ2n) is 7.56. The number of rotatable bonds is 9. The van der Waals surface area contributed by atoms with Crippen LogP contribution in [0.3, 0.4) is 0 Å². The van der Waals surface area contributed by atoms with Gasteiger partial charge in [0.15, 0.2) is 5.16 Å². The Morgan fingerprint density at radius 2 is 1.94 bits per heavy atom. The van der Waals surface area contributed by atoms with Crippen molar-refractivity contribution in [3.8, 4) is 11.4 Å². The van der Waals surface area contributed by atoms with Gasteiger partial charge in [0.25, 0.3) is 0 Å². The maximum absolute atomic E-state index is 12.6. The number of hydrogen-bond acceptors (Lipinski definition) is 7. The van der Waals surface area contributed by atoms with Gasteiger partial charge in [0.2, 0.25) is 10.0 Å². The summed E-state index contributed by atoms with van der Waals surface area (Å²) in [5, 5.41) is 9.07. The lowest BCUT2D eigenvalue weighted by Gasteiger charge is -2.12. The number of sulfonamides is 1. The van der Waals surface area contributed by atoms with Crippen molar-refractivity contribution in [3.05, 3.63) is 54.6 Å². The number of para-hydroxylation sites is 2. The standard InChI is InChI=1S/C22H26N6O3S2/c1-5-12-27-18-11-10-16(33(29,30)26(2)3)13-17(18)24-21(27)14-32-22-25-23-15-28(22)19-8-6-7-9-20(19)31-4/h6-11,13,15H,5,12,14H2,1-4H3. The Bertz CT molecular complexity index is 1380. The summed E-state index contributed by atoms with van der Waals surface area (Å²) in [5.74, 6) is 2.14. The largest absolute Gasteiger partial charge is 0.495 e. The average Bonchev–Trinajstić information content (AvgIpc) is 3.41. The molecule has 9 nitrogen and oxygen atoms in total. The van der Waals surface area contributed by atoms with Crippen LogP contribution < -0.4 is 4.74 Å². The van der Waals surface area contributed by atoms with Gasteiger partial charge in [-0.15, -0.1) is 10.2 Å². The van der Waals surface area contributed by atoms with E-state index < -0.39 is 10.0 Å². The van der Waals surface area contributed by atoms with E-state index in [1.807, 2.05) is 34.9 Å². The van der Waals surface area contributed by atoms with Crippen LogP contribution in [0.2, 0.25) is 0 Å². The molecule has 0 bridgehead atoms. The van der Waals surface area contributed by atoms with Crippen molar-refractivity contribution in [2.45, 2.75) is 35.7 Å². The molecule has 0 aliphatic carbocycles. The van der Waals surface area contributed by atoms with E-state index in [0.29, 0.717) is 16.4 Å². The van der Waals surface area contributed by atoms with Crippen LogP contribution in [0.25, 0.3) is 16.7 Å². The minimum absolute atomic E-state index is 0.233. The highest BCUT2D eigenvalue weighted by molar-refractivity contribution is 7.98. The smallest absolute Gasteiger partial charge is 0.242 e. The fraction of sp³-hybridized carbons (Fsp3) is 0.318. The number of hydrogen-bond donors (Lipinski definition) is 0. The lowest BCUT2D eigenvalue weighted by molar-refractivity contribution is 0.412. The summed E-state index contributed by atoms with van der Waals surface area (Å²) in [5.41, 5.74) is 2.43. The van der Waals surface area contributed by atoms with Gasteiger partial charge in [-0.2, -0.15) is 0 Å². The highest BCUT2D eigenvalue weighted by Crippen LogP contribution is 2.30. The number of ether oxygens (including phenoxy) is 1. The molecule has 0 unspecified atom stereocenters. The average molecular weight is 487 g/mol. The van der Waals surface area contributed by atoms with Gasteiger partial charge in [0, 0.05) is 20.6 Å². The summed E-state index contributed by atoms with van der Waals surface area (Å²) in [7, 11) is 1.15. The van der Waals surface area contributed by atoms with Crippen LogP contribution >= 0.6 is 11.8 Å². The fourth-order valence-corrected chi connectivity index (χ4v) is 5.35. The number of aromatic nitrogens is 5. The van der Waals surface area contributed by atoms with Crippen molar-refractivity contribution >= 4 is 32.8 Å². The van der Waals surface area contributed by atoms with E-state index in [2.05, 4.69) is 21.7 Å². The Morgan fingerprint density at radius 1 is 1.15 bits per heavy atom. The first-order valence-electron chi connectivity index (χ1n) is 10.4. The first-order chi connectivity index (χ1) is 15.9. The molecule has 33 heavy (non-hydrogen) atoms. The zero-order chi connectivity index (χ0) is 23.6. The molecule has 0 radical (unpaired) electrons. The van der Waals surface area contributed by atoms with Crippen LogP contribution in [0.1, 0.15) is 19.2 Å². The molecule has 2 aromatic carbocycles. The first kappa shape index (κ1) is 23.3. The quantitative estimate of drug-likeness (QED) is 0.334. The minimum Gasteiger partial charge on any atom is -0.495 e. The topological polar surface area (TPSA) is 95.1 Å².